The largest absolute Gasteiger partial charge is 0.329 e. The highest BCUT2D eigenvalue weighted by Crippen LogP contribution is 2.31. The molecule has 2 N–H and O–H groups in total. The Hall–Kier alpha value is -0.120. The first-order chi connectivity index (χ1) is 7.16. The number of hydrogen-bond donors (Lipinski definition) is 1. The Labute approximate surface area is 93.6 Å². The minimum absolute atomic E-state index is 0.268. The van der Waals surface area contributed by atoms with Crippen molar-refractivity contribution >= 4 is 0 Å². The van der Waals surface area contributed by atoms with Gasteiger partial charge in [0.2, 0.25) is 0 Å². The number of rotatable bonds is 4. The Bertz CT molecular complexity index is 215. The molecule has 1 heterocycles. The van der Waals surface area contributed by atoms with E-state index in [0.29, 0.717) is 0 Å². The minimum atomic E-state index is 0.268. The first-order valence-corrected chi connectivity index (χ1v) is 6.26. The van der Waals surface area contributed by atoms with Crippen molar-refractivity contribution in [2.24, 2.45) is 11.7 Å². The van der Waals surface area contributed by atoms with Gasteiger partial charge in [-0.05, 0) is 45.8 Å². The molecular formula is C12H25N3. The molecule has 0 amide bonds. The van der Waals surface area contributed by atoms with Crippen LogP contribution in [0.25, 0.3) is 0 Å². The van der Waals surface area contributed by atoms with Gasteiger partial charge in [0, 0.05) is 25.2 Å². The molecule has 88 valence electrons. The van der Waals surface area contributed by atoms with Crippen LogP contribution in [0.2, 0.25) is 0 Å². The molecule has 1 atom stereocenters. The second kappa shape index (κ2) is 4.40. The molecular weight excluding hydrogens is 186 g/mol. The number of hydrogen-bond acceptors (Lipinski definition) is 3. The summed E-state index contributed by atoms with van der Waals surface area (Å²) in [6, 6.07) is 0. The van der Waals surface area contributed by atoms with E-state index in [1.807, 2.05) is 0 Å². The van der Waals surface area contributed by atoms with Gasteiger partial charge in [-0.15, -0.1) is 0 Å². The van der Waals surface area contributed by atoms with Crippen molar-refractivity contribution in [2.45, 2.75) is 31.2 Å². The SMILES string of the molecule is CN1CCC(CN)(N(C)CC2CCC2)C1. The fourth-order valence-electron chi connectivity index (χ4n) is 2.95. The summed E-state index contributed by atoms with van der Waals surface area (Å²) in [7, 11) is 4.47. The molecule has 0 aromatic rings. The minimum Gasteiger partial charge on any atom is -0.329 e. The van der Waals surface area contributed by atoms with E-state index >= 15 is 0 Å². The summed E-state index contributed by atoms with van der Waals surface area (Å²) >= 11 is 0. The summed E-state index contributed by atoms with van der Waals surface area (Å²) in [6.45, 7) is 4.41. The van der Waals surface area contributed by atoms with Gasteiger partial charge >= 0.3 is 0 Å². The molecule has 1 saturated heterocycles. The molecule has 2 aliphatic rings. The van der Waals surface area contributed by atoms with Crippen molar-refractivity contribution in [1.29, 1.82) is 0 Å². The molecule has 1 saturated carbocycles. The molecule has 0 aromatic heterocycles. The van der Waals surface area contributed by atoms with E-state index < -0.39 is 0 Å². The van der Waals surface area contributed by atoms with Crippen molar-refractivity contribution in [3.8, 4) is 0 Å². The third kappa shape index (κ3) is 2.19. The number of nitrogens with zero attached hydrogens (tertiary/aromatic N) is 2. The van der Waals surface area contributed by atoms with Gasteiger partial charge in [0.05, 0.1) is 0 Å². The van der Waals surface area contributed by atoms with Crippen LogP contribution in [0.4, 0.5) is 0 Å². The molecule has 3 heteroatoms. The first kappa shape index (κ1) is 11.4. The smallest absolute Gasteiger partial charge is 0.0467 e. The topological polar surface area (TPSA) is 32.5 Å². The van der Waals surface area contributed by atoms with Gasteiger partial charge in [-0.1, -0.05) is 6.42 Å². The zero-order valence-electron chi connectivity index (χ0n) is 10.2. The van der Waals surface area contributed by atoms with Crippen molar-refractivity contribution in [2.75, 3.05) is 40.3 Å². The fraction of sp³-hybridized carbons (Fsp3) is 1.00. The summed E-state index contributed by atoms with van der Waals surface area (Å²) in [5.41, 5.74) is 6.27. The molecule has 1 aliphatic heterocycles. The van der Waals surface area contributed by atoms with E-state index in [9.17, 15) is 0 Å². The van der Waals surface area contributed by atoms with Gasteiger partial charge in [-0.3, -0.25) is 4.90 Å². The van der Waals surface area contributed by atoms with Crippen LogP contribution < -0.4 is 5.73 Å². The maximum absolute atomic E-state index is 6.00. The van der Waals surface area contributed by atoms with Crippen LogP contribution in [-0.2, 0) is 0 Å². The van der Waals surface area contributed by atoms with Gasteiger partial charge in [0.1, 0.15) is 0 Å². The second-order valence-corrected chi connectivity index (χ2v) is 5.59. The lowest BCUT2D eigenvalue weighted by Gasteiger charge is -2.41. The molecule has 2 rings (SSSR count). The van der Waals surface area contributed by atoms with Crippen LogP contribution in [0, 0.1) is 5.92 Å². The van der Waals surface area contributed by atoms with Gasteiger partial charge in [-0.25, -0.2) is 0 Å². The molecule has 0 bridgehead atoms. The van der Waals surface area contributed by atoms with Crippen LogP contribution in [-0.4, -0.2) is 55.6 Å². The van der Waals surface area contributed by atoms with Crippen LogP contribution in [0.15, 0.2) is 0 Å². The number of nitrogens with two attached hydrogens (primary N) is 1. The van der Waals surface area contributed by atoms with Crippen molar-refractivity contribution in [3.63, 3.8) is 0 Å². The zero-order valence-corrected chi connectivity index (χ0v) is 10.2. The predicted molar refractivity (Wildman–Crippen MR) is 63.9 cm³/mol. The monoisotopic (exact) mass is 211 g/mol. The van der Waals surface area contributed by atoms with E-state index in [1.165, 1.54) is 38.8 Å². The third-order valence-corrected chi connectivity index (χ3v) is 4.47. The Balaban J connectivity index is 1.92. The Morgan fingerprint density at radius 3 is 2.60 bits per heavy atom. The Kier molecular flexibility index (Phi) is 3.33. The normalized spacial score (nSPS) is 33.6. The van der Waals surface area contributed by atoms with E-state index in [2.05, 4.69) is 23.9 Å². The average molecular weight is 211 g/mol. The van der Waals surface area contributed by atoms with E-state index in [-0.39, 0.29) is 5.54 Å². The Morgan fingerprint density at radius 2 is 2.20 bits per heavy atom. The first-order valence-electron chi connectivity index (χ1n) is 6.26. The summed E-state index contributed by atoms with van der Waals surface area (Å²) in [4.78, 5) is 4.95. The molecule has 15 heavy (non-hydrogen) atoms. The average Bonchev–Trinajstić information content (AvgIpc) is 2.55. The molecule has 2 fully saturated rings. The second-order valence-electron chi connectivity index (χ2n) is 5.59. The van der Waals surface area contributed by atoms with E-state index in [1.54, 1.807) is 0 Å². The molecule has 0 spiro atoms. The summed E-state index contributed by atoms with van der Waals surface area (Å²) in [6.07, 6.45) is 5.54. The lowest BCUT2D eigenvalue weighted by molar-refractivity contribution is 0.0916. The highest BCUT2D eigenvalue weighted by Gasteiger charge is 2.40. The molecule has 1 aliphatic carbocycles. The van der Waals surface area contributed by atoms with Crippen molar-refractivity contribution in [1.82, 2.24) is 9.80 Å². The fourth-order valence-corrected chi connectivity index (χ4v) is 2.95. The highest BCUT2D eigenvalue weighted by molar-refractivity contribution is 4.98. The third-order valence-electron chi connectivity index (χ3n) is 4.47. The molecule has 3 nitrogen and oxygen atoms in total. The summed E-state index contributed by atoms with van der Waals surface area (Å²) in [5, 5.41) is 0. The highest BCUT2D eigenvalue weighted by atomic mass is 15.3. The van der Waals surface area contributed by atoms with Gasteiger partial charge < -0.3 is 10.6 Å². The summed E-state index contributed by atoms with van der Waals surface area (Å²) < 4.78 is 0. The molecule has 0 aromatic carbocycles. The molecule has 1 unspecified atom stereocenters. The van der Waals surface area contributed by atoms with Gasteiger partial charge in [0.15, 0.2) is 0 Å². The van der Waals surface area contributed by atoms with E-state index in [0.717, 1.165) is 19.0 Å². The van der Waals surface area contributed by atoms with Crippen LogP contribution in [0.1, 0.15) is 25.7 Å². The molecule has 0 radical (unpaired) electrons. The number of likely N-dealkylation sites (N-methyl/N-ethyl adjacent to an activating group) is 2. The van der Waals surface area contributed by atoms with Crippen LogP contribution in [0.5, 0.6) is 0 Å². The lowest BCUT2D eigenvalue weighted by atomic mass is 9.83. The van der Waals surface area contributed by atoms with Crippen molar-refractivity contribution in [3.05, 3.63) is 0 Å². The maximum atomic E-state index is 6.00. The van der Waals surface area contributed by atoms with Gasteiger partial charge in [0.25, 0.3) is 0 Å². The predicted octanol–water partition coefficient (Wildman–Crippen LogP) is 0.751. The van der Waals surface area contributed by atoms with Crippen LogP contribution in [0.3, 0.4) is 0 Å². The number of likely N-dealkylation sites (tertiary alicyclic amines) is 1. The lowest BCUT2D eigenvalue weighted by Crippen LogP contribution is -2.55. The van der Waals surface area contributed by atoms with E-state index in [4.69, 9.17) is 5.73 Å². The standard InChI is InChI=1S/C12H25N3/c1-14-7-6-12(9-13,10-14)15(2)8-11-4-3-5-11/h11H,3-10,13H2,1-2H3. The Morgan fingerprint density at radius 1 is 1.47 bits per heavy atom. The van der Waals surface area contributed by atoms with Gasteiger partial charge in [-0.2, -0.15) is 0 Å². The zero-order chi connectivity index (χ0) is 10.9. The maximum Gasteiger partial charge on any atom is 0.0467 e. The van der Waals surface area contributed by atoms with Crippen LogP contribution >= 0.6 is 0 Å². The summed E-state index contributed by atoms with van der Waals surface area (Å²) in [5.74, 6) is 0.948. The quantitative estimate of drug-likeness (QED) is 0.745. The van der Waals surface area contributed by atoms with Crippen molar-refractivity contribution < 1.29 is 0 Å².